The Labute approximate surface area is 314 Å². The van der Waals surface area contributed by atoms with Crippen molar-refractivity contribution in [2.45, 2.75) is 0 Å². The van der Waals surface area contributed by atoms with Crippen molar-refractivity contribution in [1.29, 1.82) is 0 Å². The van der Waals surface area contributed by atoms with E-state index < -0.39 is 0 Å². The number of benzene rings is 9. The Kier molecular flexibility index (Phi) is 7.85. The van der Waals surface area contributed by atoms with Gasteiger partial charge in [0.2, 0.25) is 0 Å². The Balaban J connectivity index is 1.22. The van der Waals surface area contributed by atoms with Crippen molar-refractivity contribution in [3.05, 3.63) is 212 Å². The Hall–Kier alpha value is -7.16. The van der Waals surface area contributed by atoms with Gasteiger partial charge in [-0.2, -0.15) is 0 Å². The molecule has 0 aliphatic heterocycles. The Morgan fingerprint density at radius 1 is 0.352 bits per heavy atom. The fraction of sp³-hybridized carbons (Fsp3) is 0. The zero-order valence-corrected chi connectivity index (χ0v) is 29.6. The van der Waals surface area contributed by atoms with Gasteiger partial charge in [-0.3, -0.25) is 0 Å². The Bertz CT molecular complexity index is 2890. The molecule has 0 aliphatic carbocycles. The van der Waals surface area contributed by atoms with E-state index in [1.807, 2.05) is 0 Å². The molecule has 10 rings (SSSR count). The van der Waals surface area contributed by atoms with Crippen LogP contribution in [0.15, 0.2) is 217 Å². The summed E-state index contributed by atoms with van der Waals surface area (Å²) in [5, 5.41) is 4.53. The van der Waals surface area contributed by atoms with Gasteiger partial charge in [-0.05, 0) is 80.6 Å². The monoisotopic (exact) mass is 689 g/mol. The zero-order chi connectivity index (χ0) is 35.8. The maximum absolute atomic E-state index is 6.93. The van der Waals surface area contributed by atoms with E-state index in [1.165, 1.54) is 33.0 Å². The molecule has 0 unspecified atom stereocenters. The highest BCUT2D eigenvalue weighted by Gasteiger charge is 2.24. The minimum Gasteiger partial charge on any atom is -0.455 e. The second-order valence-electron chi connectivity index (χ2n) is 13.7. The molecule has 0 spiro atoms. The average molecular weight is 690 g/mol. The lowest BCUT2D eigenvalue weighted by atomic mass is 9.94. The first-order valence-corrected chi connectivity index (χ1v) is 18.4. The zero-order valence-electron chi connectivity index (χ0n) is 29.6. The minimum atomic E-state index is 0.852. The first-order chi connectivity index (χ1) is 26.8. The van der Waals surface area contributed by atoms with E-state index in [2.05, 4.69) is 217 Å². The summed E-state index contributed by atoms with van der Waals surface area (Å²) in [4.78, 5) is 2.41. The minimum absolute atomic E-state index is 0.852. The van der Waals surface area contributed by atoms with Gasteiger partial charge in [0.15, 0.2) is 0 Å². The van der Waals surface area contributed by atoms with Crippen LogP contribution in [0.25, 0.3) is 77.2 Å². The van der Waals surface area contributed by atoms with Gasteiger partial charge in [-0.15, -0.1) is 0 Å². The van der Waals surface area contributed by atoms with Gasteiger partial charge in [-0.1, -0.05) is 176 Å². The lowest BCUT2D eigenvalue weighted by Gasteiger charge is -2.28. The average Bonchev–Trinajstić information content (AvgIpc) is 3.63. The summed E-state index contributed by atoms with van der Waals surface area (Å²) in [7, 11) is 0. The summed E-state index contributed by atoms with van der Waals surface area (Å²) in [5.41, 5.74) is 14.3. The normalized spacial score (nSPS) is 11.3. The molecular formula is C52H35NO. The molecule has 2 heteroatoms. The van der Waals surface area contributed by atoms with Crippen LogP contribution in [0.1, 0.15) is 0 Å². The van der Waals surface area contributed by atoms with Gasteiger partial charge in [0, 0.05) is 22.2 Å². The number of hydrogen-bond donors (Lipinski definition) is 0. The number of para-hydroxylation sites is 1. The van der Waals surface area contributed by atoms with Crippen molar-refractivity contribution in [3.63, 3.8) is 0 Å². The Morgan fingerprint density at radius 2 is 0.870 bits per heavy atom. The van der Waals surface area contributed by atoms with Crippen molar-refractivity contribution in [1.82, 2.24) is 0 Å². The van der Waals surface area contributed by atoms with E-state index in [4.69, 9.17) is 4.42 Å². The van der Waals surface area contributed by atoms with Gasteiger partial charge in [0.25, 0.3) is 0 Å². The molecule has 10 aromatic rings. The molecule has 9 aromatic carbocycles. The SMILES string of the molecule is c1ccc(-c2ccc(-c3ccccc3N(c3ccc(-c4ccccc4)cc3)c3cccc4oc5c(-c6ccccc6)c6ccccc6cc5c34)cc2)cc1. The summed E-state index contributed by atoms with van der Waals surface area (Å²) in [6.45, 7) is 0. The summed E-state index contributed by atoms with van der Waals surface area (Å²) in [5.74, 6) is 0. The molecule has 1 aromatic heterocycles. The van der Waals surface area contributed by atoms with Crippen LogP contribution < -0.4 is 4.90 Å². The van der Waals surface area contributed by atoms with Gasteiger partial charge < -0.3 is 9.32 Å². The number of nitrogens with zero attached hydrogens (tertiary/aromatic N) is 1. The van der Waals surface area contributed by atoms with Crippen LogP contribution in [-0.2, 0) is 0 Å². The third-order valence-electron chi connectivity index (χ3n) is 10.5. The largest absolute Gasteiger partial charge is 0.455 e. The molecule has 0 saturated carbocycles. The molecule has 1 heterocycles. The van der Waals surface area contributed by atoms with Crippen LogP contribution in [-0.4, -0.2) is 0 Å². The van der Waals surface area contributed by atoms with E-state index in [1.54, 1.807) is 0 Å². The van der Waals surface area contributed by atoms with Crippen LogP contribution in [0.4, 0.5) is 17.1 Å². The maximum atomic E-state index is 6.93. The first kappa shape index (κ1) is 31.6. The molecule has 0 amide bonds. The highest BCUT2D eigenvalue weighted by molar-refractivity contribution is 6.22. The molecule has 0 N–H and O–H groups in total. The van der Waals surface area contributed by atoms with E-state index in [0.717, 1.165) is 61.3 Å². The highest BCUT2D eigenvalue weighted by atomic mass is 16.3. The van der Waals surface area contributed by atoms with Crippen molar-refractivity contribution in [2.24, 2.45) is 0 Å². The number of rotatable bonds is 7. The smallest absolute Gasteiger partial charge is 0.143 e. The molecule has 0 radical (unpaired) electrons. The van der Waals surface area contributed by atoms with Crippen LogP contribution in [0.5, 0.6) is 0 Å². The summed E-state index contributed by atoms with van der Waals surface area (Å²) in [6, 6.07) is 75.7. The fourth-order valence-corrected chi connectivity index (χ4v) is 7.91. The van der Waals surface area contributed by atoms with Crippen molar-refractivity contribution >= 4 is 49.8 Å². The van der Waals surface area contributed by atoms with Crippen molar-refractivity contribution < 1.29 is 4.42 Å². The van der Waals surface area contributed by atoms with E-state index in [0.29, 0.717) is 0 Å². The third kappa shape index (κ3) is 5.53. The Morgan fingerprint density at radius 3 is 1.56 bits per heavy atom. The summed E-state index contributed by atoms with van der Waals surface area (Å²) >= 11 is 0. The number of fused-ring (bicyclic) bond motifs is 4. The van der Waals surface area contributed by atoms with Gasteiger partial charge in [0.05, 0.1) is 16.8 Å². The van der Waals surface area contributed by atoms with Gasteiger partial charge in [0.1, 0.15) is 11.2 Å². The number of hydrogen-bond acceptors (Lipinski definition) is 2. The lowest BCUT2D eigenvalue weighted by Crippen LogP contribution is -2.11. The molecule has 54 heavy (non-hydrogen) atoms. The van der Waals surface area contributed by atoms with Gasteiger partial charge in [-0.25, -0.2) is 0 Å². The van der Waals surface area contributed by atoms with E-state index >= 15 is 0 Å². The summed E-state index contributed by atoms with van der Waals surface area (Å²) < 4.78 is 6.93. The highest BCUT2D eigenvalue weighted by Crippen LogP contribution is 2.48. The molecular weight excluding hydrogens is 655 g/mol. The molecule has 0 aliphatic rings. The molecule has 0 saturated heterocycles. The third-order valence-corrected chi connectivity index (χ3v) is 10.5. The summed E-state index contributed by atoms with van der Waals surface area (Å²) in [6.07, 6.45) is 0. The quantitative estimate of drug-likeness (QED) is 0.166. The molecule has 0 atom stereocenters. The standard InChI is InChI=1S/C52H35NO/c1-4-15-36(16-5-1)38-27-29-40(30-28-38)44-22-12-13-24-47(44)53(43-33-31-39(32-34-43)37-17-6-2-7-18-37)48-25-14-26-49-51(48)46-35-42-21-10-11-23-45(42)50(52(46)54-49)41-19-8-3-9-20-41/h1-35H. The van der Waals surface area contributed by atoms with Crippen LogP contribution >= 0.6 is 0 Å². The maximum Gasteiger partial charge on any atom is 0.143 e. The van der Waals surface area contributed by atoms with Crippen LogP contribution in [0.2, 0.25) is 0 Å². The molecule has 0 bridgehead atoms. The lowest BCUT2D eigenvalue weighted by molar-refractivity contribution is 0.670. The van der Waals surface area contributed by atoms with Gasteiger partial charge >= 0.3 is 0 Å². The van der Waals surface area contributed by atoms with Crippen LogP contribution in [0, 0.1) is 0 Å². The van der Waals surface area contributed by atoms with Crippen molar-refractivity contribution in [3.8, 4) is 44.5 Å². The number of furan rings is 1. The van der Waals surface area contributed by atoms with Crippen molar-refractivity contribution in [2.75, 3.05) is 4.90 Å². The molecule has 0 fully saturated rings. The molecule has 2 nitrogen and oxygen atoms in total. The molecule has 254 valence electrons. The number of anilines is 3. The van der Waals surface area contributed by atoms with Crippen LogP contribution in [0.3, 0.4) is 0 Å². The van der Waals surface area contributed by atoms with E-state index in [-0.39, 0.29) is 0 Å². The first-order valence-electron chi connectivity index (χ1n) is 18.4. The topological polar surface area (TPSA) is 16.4 Å². The second kappa shape index (κ2) is 13.4. The fourth-order valence-electron chi connectivity index (χ4n) is 7.91. The van der Waals surface area contributed by atoms with E-state index in [9.17, 15) is 0 Å². The second-order valence-corrected chi connectivity index (χ2v) is 13.7. The predicted octanol–water partition coefficient (Wildman–Crippen LogP) is 14.9. The predicted molar refractivity (Wildman–Crippen MR) is 228 cm³/mol.